The van der Waals surface area contributed by atoms with Crippen molar-refractivity contribution in [3.8, 4) is 0 Å². The fraction of sp³-hybridized carbons (Fsp3) is 0.286. The van der Waals surface area contributed by atoms with Crippen LogP contribution >= 0.6 is 57.7 Å². The summed E-state index contributed by atoms with van der Waals surface area (Å²) in [4.78, 5) is 0. The third-order valence-electron chi connectivity index (χ3n) is 2.86. The highest BCUT2D eigenvalue weighted by atomic mass is 35.5. The van der Waals surface area contributed by atoms with E-state index in [1.807, 2.05) is 12.1 Å². The zero-order valence-corrected chi connectivity index (χ0v) is 14.6. The van der Waals surface area contributed by atoms with Crippen LogP contribution in [0.3, 0.4) is 0 Å². The molecule has 108 valence electrons. The van der Waals surface area contributed by atoms with Crippen LogP contribution in [0.2, 0.25) is 18.7 Å². The number of hydrogen-bond donors (Lipinski definition) is 1. The van der Waals surface area contributed by atoms with E-state index in [0.717, 1.165) is 24.1 Å². The van der Waals surface area contributed by atoms with Gasteiger partial charge in [0.25, 0.3) is 0 Å². The van der Waals surface area contributed by atoms with Gasteiger partial charge in [0.15, 0.2) is 0 Å². The molecule has 1 unspecified atom stereocenters. The quantitative estimate of drug-likeness (QED) is 0.639. The zero-order valence-electron chi connectivity index (χ0n) is 10.7. The Hall–Kier alpha value is 0.0400. The molecule has 2 aromatic rings. The highest BCUT2D eigenvalue weighted by Crippen LogP contribution is 2.39. The molecule has 0 aliphatic rings. The molecule has 1 N–H and O–H groups in total. The average Bonchev–Trinajstić information content (AvgIpc) is 2.73. The number of nitrogens with one attached hydrogen (secondary N) is 1. The van der Waals surface area contributed by atoms with Crippen molar-refractivity contribution in [1.29, 1.82) is 0 Å². The molecule has 0 saturated heterocycles. The van der Waals surface area contributed by atoms with E-state index in [9.17, 15) is 0 Å². The van der Waals surface area contributed by atoms with E-state index >= 15 is 0 Å². The number of hydrogen-bond acceptors (Lipinski definition) is 2. The first-order chi connectivity index (χ1) is 9.52. The molecule has 0 saturated carbocycles. The molecule has 0 fully saturated rings. The Labute approximate surface area is 142 Å². The molecule has 0 aliphatic heterocycles. The van der Waals surface area contributed by atoms with Crippen molar-refractivity contribution < 1.29 is 0 Å². The summed E-state index contributed by atoms with van der Waals surface area (Å²) in [6, 6.07) is 7.18. The highest BCUT2D eigenvalue weighted by molar-refractivity contribution is 7.20. The first-order valence-corrected chi connectivity index (χ1v) is 8.48. The maximum Gasteiger partial charge on any atom is 0.0995 e. The van der Waals surface area contributed by atoms with E-state index in [1.54, 1.807) is 12.1 Å². The molecule has 1 nitrogen and oxygen atoms in total. The van der Waals surface area contributed by atoms with Gasteiger partial charge in [0.05, 0.1) is 14.7 Å². The number of halogens is 4. The predicted octanol–water partition coefficient (Wildman–Crippen LogP) is 6.45. The van der Waals surface area contributed by atoms with Crippen LogP contribution in [0.1, 0.15) is 30.5 Å². The Morgan fingerprint density at radius 3 is 2.45 bits per heavy atom. The van der Waals surface area contributed by atoms with Gasteiger partial charge in [0, 0.05) is 15.6 Å². The van der Waals surface area contributed by atoms with E-state index in [1.165, 1.54) is 11.3 Å². The minimum atomic E-state index is -0.114. The summed E-state index contributed by atoms with van der Waals surface area (Å²) in [6.45, 7) is 2.95. The zero-order chi connectivity index (χ0) is 14.7. The Bertz CT molecular complexity index is 597. The van der Waals surface area contributed by atoms with Crippen molar-refractivity contribution in [2.45, 2.75) is 19.4 Å². The van der Waals surface area contributed by atoms with E-state index < -0.39 is 0 Å². The second kappa shape index (κ2) is 7.35. The molecule has 2 rings (SSSR count). The third kappa shape index (κ3) is 3.82. The summed E-state index contributed by atoms with van der Waals surface area (Å²) in [6.07, 6.45) is 1.00. The van der Waals surface area contributed by atoms with Crippen molar-refractivity contribution in [2.75, 3.05) is 6.54 Å². The van der Waals surface area contributed by atoms with Gasteiger partial charge in [-0.3, -0.25) is 0 Å². The molecule has 0 radical (unpaired) electrons. The van der Waals surface area contributed by atoms with Crippen molar-refractivity contribution in [3.63, 3.8) is 0 Å². The van der Waals surface area contributed by atoms with Gasteiger partial charge in [-0.2, -0.15) is 0 Å². The van der Waals surface area contributed by atoms with Crippen LogP contribution < -0.4 is 5.32 Å². The molecule has 1 heterocycles. The van der Waals surface area contributed by atoms with E-state index in [0.29, 0.717) is 18.7 Å². The van der Waals surface area contributed by atoms with Gasteiger partial charge in [-0.05, 0) is 42.8 Å². The van der Waals surface area contributed by atoms with Crippen LogP contribution in [0.15, 0.2) is 24.3 Å². The summed E-state index contributed by atoms with van der Waals surface area (Å²) >= 11 is 26.1. The maximum atomic E-state index is 6.31. The fourth-order valence-corrected chi connectivity index (χ4v) is 3.90. The standard InChI is InChI=1S/C14H13Cl4NS/c1-2-5-19-13(10-7-12(17)20-14(10)18)9-6-8(15)3-4-11(9)16/h3-4,6-7,13,19H,2,5H2,1H3. The van der Waals surface area contributed by atoms with Crippen LogP contribution in [-0.4, -0.2) is 6.54 Å². The molecule has 0 aliphatic carbocycles. The number of rotatable bonds is 5. The Morgan fingerprint density at radius 2 is 1.85 bits per heavy atom. The lowest BCUT2D eigenvalue weighted by atomic mass is 10.0. The Morgan fingerprint density at radius 1 is 1.10 bits per heavy atom. The molecule has 0 bridgehead atoms. The van der Waals surface area contributed by atoms with Gasteiger partial charge in [-0.25, -0.2) is 0 Å². The molecule has 1 aromatic heterocycles. The van der Waals surface area contributed by atoms with Gasteiger partial charge in [-0.15, -0.1) is 11.3 Å². The minimum Gasteiger partial charge on any atom is -0.306 e. The minimum absolute atomic E-state index is 0.114. The molecule has 6 heteroatoms. The normalized spacial score (nSPS) is 12.7. The van der Waals surface area contributed by atoms with Gasteiger partial charge in [-0.1, -0.05) is 53.3 Å². The molecule has 1 aromatic carbocycles. The molecule has 1 atom stereocenters. The van der Waals surface area contributed by atoms with E-state index in [4.69, 9.17) is 46.4 Å². The first kappa shape index (κ1) is 16.4. The van der Waals surface area contributed by atoms with Crippen molar-refractivity contribution in [1.82, 2.24) is 5.32 Å². The van der Waals surface area contributed by atoms with E-state index in [2.05, 4.69) is 12.2 Å². The van der Waals surface area contributed by atoms with Crippen LogP contribution in [0.4, 0.5) is 0 Å². The van der Waals surface area contributed by atoms with Crippen LogP contribution in [0.25, 0.3) is 0 Å². The van der Waals surface area contributed by atoms with Crippen LogP contribution in [0.5, 0.6) is 0 Å². The largest absolute Gasteiger partial charge is 0.306 e. The Balaban J connectivity index is 2.46. The van der Waals surface area contributed by atoms with Crippen LogP contribution in [-0.2, 0) is 0 Å². The highest BCUT2D eigenvalue weighted by Gasteiger charge is 2.21. The van der Waals surface area contributed by atoms with Gasteiger partial charge in [0.2, 0.25) is 0 Å². The van der Waals surface area contributed by atoms with Gasteiger partial charge < -0.3 is 5.32 Å². The summed E-state index contributed by atoms with van der Waals surface area (Å²) in [7, 11) is 0. The lowest BCUT2D eigenvalue weighted by Crippen LogP contribution is -2.23. The SMILES string of the molecule is CCCNC(c1cc(Cl)ccc1Cl)c1cc(Cl)sc1Cl. The topological polar surface area (TPSA) is 12.0 Å². The maximum absolute atomic E-state index is 6.31. The van der Waals surface area contributed by atoms with Gasteiger partial charge >= 0.3 is 0 Å². The van der Waals surface area contributed by atoms with Crippen molar-refractivity contribution >= 4 is 57.7 Å². The monoisotopic (exact) mass is 367 g/mol. The van der Waals surface area contributed by atoms with E-state index in [-0.39, 0.29) is 6.04 Å². The van der Waals surface area contributed by atoms with Crippen molar-refractivity contribution in [3.05, 3.63) is 54.1 Å². The smallest absolute Gasteiger partial charge is 0.0995 e. The molecule has 20 heavy (non-hydrogen) atoms. The Kier molecular flexibility index (Phi) is 6.03. The second-order valence-corrected chi connectivity index (χ2v) is 7.46. The second-order valence-electron chi connectivity index (χ2n) is 4.33. The summed E-state index contributed by atoms with van der Waals surface area (Å²) in [5.74, 6) is 0. The molecule has 0 spiro atoms. The first-order valence-electron chi connectivity index (χ1n) is 6.16. The summed E-state index contributed by atoms with van der Waals surface area (Å²) in [5.41, 5.74) is 1.84. The summed E-state index contributed by atoms with van der Waals surface area (Å²) in [5, 5.41) is 4.74. The third-order valence-corrected chi connectivity index (χ3v) is 4.96. The van der Waals surface area contributed by atoms with Crippen LogP contribution in [0, 0.1) is 0 Å². The van der Waals surface area contributed by atoms with Crippen molar-refractivity contribution in [2.24, 2.45) is 0 Å². The lowest BCUT2D eigenvalue weighted by molar-refractivity contribution is 0.600. The number of benzene rings is 1. The number of thiophene rings is 1. The molecular weight excluding hydrogens is 356 g/mol. The predicted molar refractivity (Wildman–Crippen MR) is 90.9 cm³/mol. The molecule has 0 amide bonds. The molecular formula is C14H13Cl4NS. The fourth-order valence-electron chi connectivity index (χ4n) is 1.96. The lowest BCUT2D eigenvalue weighted by Gasteiger charge is -2.20. The summed E-state index contributed by atoms with van der Waals surface area (Å²) < 4.78 is 1.33. The average molecular weight is 369 g/mol. The van der Waals surface area contributed by atoms with Gasteiger partial charge in [0.1, 0.15) is 0 Å².